The van der Waals surface area contributed by atoms with Crippen LogP contribution < -0.4 is 11.1 Å². The smallest absolute Gasteiger partial charge is 0.0578 e. The molecule has 1 heterocycles. The quantitative estimate of drug-likeness (QED) is 0.790. The Bertz CT molecular complexity index is 443. The van der Waals surface area contributed by atoms with Crippen molar-refractivity contribution in [2.24, 2.45) is 0 Å². The molecule has 1 atom stereocenters. The molecule has 0 radical (unpaired) electrons. The molecule has 0 bridgehead atoms. The molecule has 0 saturated carbocycles. The Balaban J connectivity index is 2.15. The number of benzene rings is 1. The Morgan fingerprint density at radius 2 is 2.12 bits per heavy atom. The molecule has 0 spiro atoms. The van der Waals surface area contributed by atoms with E-state index in [1.54, 1.807) is 11.3 Å². The Morgan fingerprint density at radius 1 is 1.31 bits per heavy atom. The maximum absolute atomic E-state index is 5.82. The number of hydrogen-bond acceptors (Lipinski definition) is 3. The zero-order valence-corrected chi connectivity index (χ0v) is 10.3. The number of hydrogen-bond donors (Lipinski definition) is 2. The van der Waals surface area contributed by atoms with E-state index in [1.807, 2.05) is 12.1 Å². The molecule has 16 heavy (non-hydrogen) atoms. The second-order valence-corrected chi connectivity index (χ2v) is 4.99. The topological polar surface area (TPSA) is 38.0 Å². The first-order valence-corrected chi connectivity index (χ1v) is 6.20. The lowest BCUT2D eigenvalue weighted by molar-refractivity contribution is 0.908. The van der Waals surface area contributed by atoms with Gasteiger partial charge < -0.3 is 11.1 Å². The van der Waals surface area contributed by atoms with Crippen molar-refractivity contribution in [3.8, 4) is 0 Å². The van der Waals surface area contributed by atoms with Crippen LogP contribution in [0.3, 0.4) is 0 Å². The largest absolute Gasteiger partial charge is 0.399 e. The van der Waals surface area contributed by atoms with Gasteiger partial charge in [-0.15, -0.1) is 11.3 Å². The van der Waals surface area contributed by atoms with Crippen LogP contribution in [0.5, 0.6) is 0 Å². The Morgan fingerprint density at radius 3 is 2.75 bits per heavy atom. The van der Waals surface area contributed by atoms with E-state index in [1.165, 1.54) is 10.4 Å². The van der Waals surface area contributed by atoms with E-state index in [0.29, 0.717) is 6.04 Å². The summed E-state index contributed by atoms with van der Waals surface area (Å²) in [6.45, 7) is 4.21. The zero-order valence-electron chi connectivity index (χ0n) is 9.53. The third-order valence-corrected chi connectivity index (χ3v) is 3.51. The molecule has 84 valence electrons. The highest BCUT2D eigenvalue weighted by molar-refractivity contribution is 7.10. The molecule has 2 rings (SSSR count). The van der Waals surface area contributed by atoms with Crippen LogP contribution in [0.15, 0.2) is 35.7 Å². The molecular weight excluding hydrogens is 216 g/mol. The van der Waals surface area contributed by atoms with Crippen LogP contribution in [0.25, 0.3) is 0 Å². The molecule has 3 heteroatoms. The summed E-state index contributed by atoms with van der Waals surface area (Å²) in [6, 6.07) is 10.6. The van der Waals surface area contributed by atoms with Gasteiger partial charge in [-0.1, -0.05) is 6.07 Å². The van der Waals surface area contributed by atoms with Crippen molar-refractivity contribution >= 4 is 22.7 Å². The van der Waals surface area contributed by atoms with Gasteiger partial charge in [0.1, 0.15) is 0 Å². The van der Waals surface area contributed by atoms with Gasteiger partial charge in [0.2, 0.25) is 0 Å². The van der Waals surface area contributed by atoms with Crippen molar-refractivity contribution in [2.75, 3.05) is 11.1 Å². The van der Waals surface area contributed by atoms with Gasteiger partial charge in [0.05, 0.1) is 6.04 Å². The third kappa shape index (κ3) is 2.55. The van der Waals surface area contributed by atoms with E-state index in [0.717, 1.165) is 11.4 Å². The summed E-state index contributed by atoms with van der Waals surface area (Å²) < 4.78 is 0. The fourth-order valence-electron chi connectivity index (χ4n) is 1.75. The van der Waals surface area contributed by atoms with Crippen LogP contribution in [0.2, 0.25) is 0 Å². The summed E-state index contributed by atoms with van der Waals surface area (Å²) in [5, 5.41) is 5.55. The van der Waals surface area contributed by atoms with Gasteiger partial charge in [-0.2, -0.15) is 0 Å². The monoisotopic (exact) mass is 232 g/mol. The summed E-state index contributed by atoms with van der Waals surface area (Å²) in [6.07, 6.45) is 0. The standard InChI is InChI=1S/C13H16N2S/c1-9-6-11(14)8-12(7-9)15-10(2)13-4-3-5-16-13/h3-8,10,15H,14H2,1-2H3. The van der Waals surface area contributed by atoms with Crippen molar-refractivity contribution in [1.82, 2.24) is 0 Å². The molecule has 0 aliphatic rings. The minimum absolute atomic E-state index is 0.321. The molecule has 2 aromatic rings. The van der Waals surface area contributed by atoms with Gasteiger partial charge in [-0.05, 0) is 49.1 Å². The highest BCUT2D eigenvalue weighted by Crippen LogP contribution is 2.24. The highest BCUT2D eigenvalue weighted by Gasteiger charge is 2.06. The fraction of sp³-hybridized carbons (Fsp3) is 0.231. The first-order chi connectivity index (χ1) is 7.65. The van der Waals surface area contributed by atoms with E-state index in [-0.39, 0.29) is 0 Å². The summed E-state index contributed by atoms with van der Waals surface area (Å²) in [4.78, 5) is 1.33. The van der Waals surface area contributed by atoms with Gasteiger partial charge in [0.25, 0.3) is 0 Å². The number of thiophene rings is 1. The maximum atomic E-state index is 5.82. The molecule has 0 aliphatic carbocycles. The lowest BCUT2D eigenvalue weighted by Gasteiger charge is -2.14. The molecule has 1 aromatic carbocycles. The molecule has 2 nitrogen and oxygen atoms in total. The summed E-state index contributed by atoms with van der Waals surface area (Å²) in [5.41, 5.74) is 8.89. The second-order valence-electron chi connectivity index (χ2n) is 4.01. The normalized spacial score (nSPS) is 12.4. The fourth-order valence-corrected chi connectivity index (χ4v) is 2.49. The van der Waals surface area contributed by atoms with Crippen molar-refractivity contribution in [1.29, 1.82) is 0 Å². The summed E-state index contributed by atoms with van der Waals surface area (Å²) in [5.74, 6) is 0. The molecule has 1 unspecified atom stereocenters. The van der Waals surface area contributed by atoms with Crippen molar-refractivity contribution in [3.05, 3.63) is 46.2 Å². The van der Waals surface area contributed by atoms with E-state index >= 15 is 0 Å². The van der Waals surface area contributed by atoms with Crippen molar-refractivity contribution in [3.63, 3.8) is 0 Å². The van der Waals surface area contributed by atoms with Crippen LogP contribution in [0, 0.1) is 6.92 Å². The van der Waals surface area contributed by atoms with Crippen molar-refractivity contribution in [2.45, 2.75) is 19.9 Å². The molecule has 0 amide bonds. The Hall–Kier alpha value is -1.48. The van der Waals surface area contributed by atoms with Gasteiger partial charge in [0.15, 0.2) is 0 Å². The zero-order chi connectivity index (χ0) is 11.5. The molecular formula is C13H16N2S. The van der Waals surface area contributed by atoms with Gasteiger partial charge in [-0.3, -0.25) is 0 Å². The number of nitrogen functional groups attached to an aromatic ring is 1. The third-order valence-electron chi connectivity index (χ3n) is 2.45. The van der Waals surface area contributed by atoms with E-state index in [2.05, 4.69) is 42.7 Å². The number of rotatable bonds is 3. The summed E-state index contributed by atoms with van der Waals surface area (Å²) in [7, 11) is 0. The Kier molecular flexibility index (Phi) is 3.15. The molecule has 0 fully saturated rings. The molecule has 3 N–H and O–H groups in total. The van der Waals surface area contributed by atoms with Crippen LogP contribution in [-0.4, -0.2) is 0 Å². The van der Waals surface area contributed by atoms with Gasteiger partial charge in [0, 0.05) is 16.3 Å². The average Bonchev–Trinajstić information content (AvgIpc) is 2.68. The SMILES string of the molecule is Cc1cc(N)cc(NC(C)c2cccs2)c1. The number of nitrogens with two attached hydrogens (primary N) is 1. The molecule has 0 aliphatic heterocycles. The minimum Gasteiger partial charge on any atom is -0.399 e. The van der Waals surface area contributed by atoms with Crippen LogP contribution in [0.4, 0.5) is 11.4 Å². The second kappa shape index (κ2) is 4.58. The van der Waals surface area contributed by atoms with Gasteiger partial charge in [-0.25, -0.2) is 0 Å². The predicted molar refractivity (Wildman–Crippen MR) is 71.9 cm³/mol. The van der Waals surface area contributed by atoms with Crippen molar-refractivity contribution < 1.29 is 0 Å². The lowest BCUT2D eigenvalue weighted by Crippen LogP contribution is -2.05. The van der Waals surface area contributed by atoms with Gasteiger partial charge >= 0.3 is 0 Å². The highest BCUT2D eigenvalue weighted by atomic mass is 32.1. The van der Waals surface area contributed by atoms with Crippen LogP contribution in [-0.2, 0) is 0 Å². The maximum Gasteiger partial charge on any atom is 0.0578 e. The number of anilines is 2. The first-order valence-electron chi connectivity index (χ1n) is 5.32. The number of aryl methyl sites for hydroxylation is 1. The summed E-state index contributed by atoms with van der Waals surface area (Å²) >= 11 is 1.76. The Labute approximate surface area is 100 Å². The average molecular weight is 232 g/mol. The first kappa shape index (κ1) is 11.0. The van der Waals surface area contributed by atoms with E-state index in [9.17, 15) is 0 Å². The van der Waals surface area contributed by atoms with Crippen LogP contribution in [0.1, 0.15) is 23.4 Å². The molecule has 0 saturated heterocycles. The van der Waals surface area contributed by atoms with E-state index < -0.39 is 0 Å². The molecule has 1 aromatic heterocycles. The predicted octanol–water partition coefficient (Wildman–Crippen LogP) is 3.81. The van der Waals surface area contributed by atoms with E-state index in [4.69, 9.17) is 5.73 Å². The number of nitrogens with one attached hydrogen (secondary N) is 1. The minimum atomic E-state index is 0.321. The van der Waals surface area contributed by atoms with Crippen LogP contribution >= 0.6 is 11.3 Å². The lowest BCUT2D eigenvalue weighted by atomic mass is 10.1.